The number of carbonyl (C=O) groups excluding carboxylic acids is 2. The lowest BCUT2D eigenvalue weighted by Gasteiger charge is -2.08. The highest BCUT2D eigenvalue weighted by Gasteiger charge is 2.14. The first-order valence-corrected chi connectivity index (χ1v) is 10.3. The summed E-state index contributed by atoms with van der Waals surface area (Å²) in [6.07, 6.45) is 2.53. The predicted molar refractivity (Wildman–Crippen MR) is 116 cm³/mol. The summed E-state index contributed by atoms with van der Waals surface area (Å²) in [5.74, 6) is 0.294. The summed E-state index contributed by atoms with van der Waals surface area (Å²) < 4.78 is 6.75. The normalized spacial score (nSPS) is 10.8. The number of aryl methyl sites for hydroxylation is 1. The van der Waals surface area contributed by atoms with Crippen LogP contribution in [0.2, 0.25) is 0 Å². The number of thiophene rings is 1. The summed E-state index contributed by atoms with van der Waals surface area (Å²) in [5.41, 5.74) is 2.70. The van der Waals surface area contributed by atoms with Crippen molar-refractivity contribution in [2.75, 3.05) is 12.4 Å². The maximum Gasteiger partial charge on any atom is 0.337 e. The fraction of sp³-hybridized carbons (Fsp3) is 0.182. The Morgan fingerprint density at radius 1 is 1.13 bits per heavy atom. The third kappa shape index (κ3) is 4.38. The van der Waals surface area contributed by atoms with Crippen LogP contribution in [0.3, 0.4) is 0 Å². The summed E-state index contributed by atoms with van der Waals surface area (Å²) in [6.45, 7) is 0.678. The molecule has 0 radical (unpaired) electrons. The number of methoxy groups -OCH3 is 1. The first-order chi connectivity index (χ1) is 14.6. The summed E-state index contributed by atoms with van der Waals surface area (Å²) >= 11 is 1.68. The molecule has 1 N–H and O–H groups in total. The SMILES string of the molecule is COC(=O)c1ccc(NC(=O)CCc2nc3cccnc3n2Cc2cccs2)cc1. The summed E-state index contributed by atoms with van der Waals surface area (Å²) in [6, 6.07) is 14.5. The molecule has 30 heavy (non-hydrogen) atoms. The van der Waals surface area contributed by atoms with Gasteiger partial charge in [0.25, 0.3) is 0 Å². The fourth-order valence-corrected chi connectivity index (χ4v) is 3.87. The number of anilines is 1. The largest absolute Gasteiger partial charge is 0.465 e. The van der Waals surface area contributed by atoms with Gasteiger partial charge in [-0.1, -0.05) is 6.07 Å². The van der Waals surface area contributed by atoms with E-state index in [0.29, 0.717) is 24.2 Å². The van der Waals surface area contributed by atoms with E-state index in [9.17, 15) is 9.59 Å². The number of amides is 1. The van der Waals surface area contributed by atoms with Crippen LogP contribution in [0.4, 0.5) is 5.69 Å². The topological polar surface area (TPSA) is 86.1 Å². The number of nitrogens with zero attached hydrogens (tertiary/aromatic N) is 3. The highest BCUT2D eigenvalue weighted by Crippen LogP contribution is 2.19. The molecule has 3 heterocycles. The molecule has 4 rings (SSSR count). The number of carbonyl (C=O) groups is 2. The van der Waals surface area contributed by atoms with Gasteiger partial charge in [-0.2, -0.15) is 0 Å². The molecule has 0 saturated heterocycles. The van der Waals surface area contributed by atoms with Crippen molar-refractivity contribution < 1.29 is 14.3 Å². The molecule has 0 bridgehead atoms. The fourth-order valence-electron chi connectivity index (χ4n) is 3.18. The summed E-state index contributed by atoms with van der Waals surface area (Å²) in [7, 11) is 1.33. The maximum absolute atomic E-state index is 12.5. The third-order valence-electron chi connectivity index (χ3n) is 4.64. The van der Waals surface area contributed by atoms with E-state index < -0.39 is 5.97 Å². The van der Waals surface area contributed by atoms with Crippen molar-refractivity contribution >= 4 is 40.1 Å². The van der Waals surface area contributed by atoms with E-state index in [2.05, 4.69) is 30.7 Å². The molecule has 0 aliphatic carbocycles. The predicted octanol–water partition coefficient (Wildman–Crippen LogP) is 3.90. The monoisotopic (exact) mass is 420 g/mol. The Morgan fingerprint density at radius 3 is 2.70 bits per heavy atom. The smallest absolute Gasteiger partial charge is 0.337 e. The van der Waals surface area contributed by atoms with Gasteiger partial charge >= 0.3 is 5.97 Å². The standard InChI is InChI=1S/C22H20N4O3S/c1-29-22(28)15-6-8-16(9-7-15)24-20(27)11-10-19-25-18-5-2-12-23-21(18)26(19)14-17-4-3-13-30-17/h2-9,12-13H,10-11,14H2,1H3,(H,24,27). The molecule has 7 nitrogen and oxygen atoms in total. The molecule has 152 valence electrons. The second-order valence-corrected chi connectivity index (χ2v) is 7.69. The molecule has 0 atom stereocenters. The van der Waals surface area contributed by atoms with Gasteiger partial charge in [0.2, 0.25) is 5.91 Å². The molecule has 1 aromatic carbocycles. The molecule has 3 aromatic heterocycles. The number of hydrogen-bond acceptors (Lipinski definition) is 6. The van der Waals surface area contributed by atoms with E-state index in [4.69, 9.17) is 0 Å². The molecule has 1 amide bonds. The Labute approximate surface area is 177 Å². The van der Waals surface area contributed by atoms with Crippen LogP contribution < -0.4 is 5.32 Å². The Bertz CT molecular complexity index is 1170. The van der Waals surface area contributed by atoms with Crippen LogP contribution in [-0.2, 0) is 22.5 Å². The van der Waals surface area contributed by atoms with Crippen molar-refractivity contribution in [3.05, 3.63) is 76.4 Å². The summed E-state index contributed by atoms with van der Waals surface area (Å²) in [5, 5.41) is 4.90. The number of hydrogen-bond donors (Lipinski definition) is 1. The second kappa shape index (κ2) is 8.87. The number of pyridine rings is 1. The molecular weight excluding hydrogens is 400 g/mol. The number of benzene rings is 1. The third-order valence-corrected chi connectivity index (χ3v) is 5.50. The van der Waals surface area contributed by atoms with E-state index in [0.717, 1.165) is 17.0 Å². The van der Waals surface area contributed by atoms with Crippen LogP contribution >= 0.6 is 11.3 Å². The van der Waals surface area contributed by atoms with Crippen molar-refractivity contribution in [1.29, 1.82) is 0 Å². The number of imidazole rings is 1. The van der Waals surface area contributed by atoms with Gasteiger partial charge in [0.15, 0.2) is 5.65 Å². The van der Waals surface area contributed by atoms with Gasteiger partial charge in [-0.3, -0.25) is 4.79 Å². The highest BCUT2D eigenvalue weighted by atomic mass is 32.1. The lowest BCUT2D eigenvalue weighted by Crippen LogP contribution is -2.14. The van der Waals surface area contributed by atoms with E-state index in [-0.39, 0.29) is 12.3 Å². The van der Waals surface area contributed by atoms with Gasteiger partial charge in [-0.25, -0.2) is 14.8 Å². The van der Waals surface area contributed by atoms with Crippen molar-refractivity contribution in [1.82, 2.24) is 14.5 Å². The van der Waals surface area contributed by atoms with Gasteiger partial charge in [-0.15, -0.1) is 11.3 Å². The van der Waals surface area contributed by atoms with Crippen molar-refractivity contribution in [2.24, 2.45) is 0 Å². The first-order valence-electron chi connectivity index (χ1n) is 9.45. The second-order valence-electron chi connectivity index (χ2n) is 6.66. The number of nitrogens with one attached hydrogen (secondary N) is 1. The van der Waals surface area contributed by atoms with E-state index >= 15 is 0 Å². The average molecular weight is 420 g/mol. The molecule has 0 aliphatic heterocycles. The number of rotatable bonds is 7. The molecule has 4 aromatic rings. The van der Waals surface area contributed by atoms with Gasteiger partial charge < -0.3 is 14.6 Å². The van der Waals surface area contributed by atoms with Gasteiger partial charge in [0.1, 0.15) is 11.3 Å². The van der Waals surface area contributed by atoms with Crippen LogP contribution in [0.1, 0.15) is 27.5 Å². The molecule has 0 saturated carbocycles. The quantitative estimate of drug-likeness (QED) is 0.458. The van der Waals surface area contributed by atoms with Crippen LogP contribution in [-0.4, -0.2) is 33.5 Å². The summed E-state index contributed by atoms with van der Waals surface area (Å²) in [4.78, 5) is 34.3. The van der Waals surface area contributed by atoms with Crippen molar-refractivity contribution in [3.8, 4) is 0 Å². The van der Waals surface area contributed by atoms with Crippen LogP contribution in [0.15, 0.2) is 60.1 Å². The van der Waals surface area contributed by atoms with Crippen LogP contribution in [0, 0.1) is 0 Å². The van der Waals surface area contributed by atoms with Crippen LogP contribution in [0.25, 0.3) is 11.2 Å². The lowest BCUT2D eigenvalue weighted by atomic mass is 10.2. The van der Waals surface area contributed by atoms with Crippen LogP contribution in [0.5, 0.6) is 0 Å². The minimum absolute atomic E-state index is 0.122. The Balaban J connectivity index is 1.45. The number of fused-ring (bicyclic) bond motifs is 1. The molecule has 0 aliphatic rings. The Hall–Kier alpha value is -3.52. The zero-order chi connectivity index (χ0) is 20.9. The van der Waals surface area contributed by atoms with Crippen molar-refractivity contribution in [3.63, 3.8) is 0 Å². The minimum Gasteiger partial charge on any atom is -0.465 e. The van der Waals surface area contributed by atoms with Gasteiger partial charge in [-0.05, 0) is 47.8 Å². The number of esters is 1. The molecule has 0 spiro atoms. The number of aromatic nitrogens is 3. The maximum atomic E-state index is 12.5. The van der Waals surface area contributed by atoms with Crippen molar-refractivity contribution in [2.45, 2.75) is 19.4 Å². The number of ether oxygens (including phenoxy) is 1. The van der Waals surface area contributed by atoms with E-state index in [1.165, 1.54) is 12.0 Å². The molecule has 0 fully saturated rings. The average Bonchev–Trinajstić information content (AvgIpc) is 3.41. The highest BCUT2D eigenvalue weighted by molar-refractivity contribution is 7.09. The zero-order valence-electron chi connectivity index (χ0n) is 16.4. The van der Waals surface area contributed by atoms with Gasteiger partial charge in [0, 0.05) is 29.6 Å². The molecule has 8 heteroatoms. The zero-order valence-corrected chi connectivity index (χ0v) is 17.2. The molecule has 0 unspecified atom stereocenters. The Morgan fingerprint density at radius 2 is 1.97 bits per heavy atom. The Kier molecular flexibility index (Phi) is 5.85. The van der Waals surface area contributed by atoms with E-state index in [1.54, 1.807) is 41.8 Å². The minimum atomic E-state index is -0.411. The first kappa shape index (κ1) is 19.8. The van der Waals surface area contributed by atoms with E-state index in [1.807, 2.05) is 23.6 Å². The lowest BCUT2D eigenvalue weighted by molar-refractivity contribution is -0.116. The molecular formula is C22H20N4O3S. The van der Waals surface area contributed by atoms with Gasteiger partial charge in [0.05, 0.1) is 19.2 Å².